The molecule has 5 atom stereocenters. The van der Waals surface area contributed by atoms with Crippen molar-refractivity contribution in [3.05, 3.63) is 18.7 Å². The highest BCUT2D eigenvalue weighted by molar-refractivity contribution is 7.85. The molecule has 4 heterocycles. The Morgan fingerprint density at radius 1 is 1.12 bits per heavy atom. The van der Waals surface area contributed by atoms with Crippen molar-refractivity contribution in [2.45, 2.75) is 70.0 Å². The average molecular weight is 390 g/mol. The third-order valence-electron chi connectivity index (χ3n) is 4.39. The summed E-state index contributed by atoms with van der Waals surface area (Å²) >= 11 is 0. The van der Waals surface area contributed by atoms with E-state index in [0.29, 0.717) is 0 Å². The normalized spacial score (nSPS) is 38.5. The second-order valence-corrected chi connectivity index (χ2v) is 8.82. The molecule has 0 aliphatic carbocycles. The van der Waals surface area contributed by atoms with Gasteiger partial charge in [0.25, 0.3) is 0 Å². The van der Waals surface area contributed by atoms with Gasteiger partial charge in [-0.15, -0.1) is 0 Å². The Hall–Kier alpha value is -1.08. The number of hydrogen-bond donors (Lipinski definition) is 0. The summed E-state index contributed by atoms with van der Waals surface area (Å²) in [5, 5.41) is 0. The van der Waals surface area contributed by atoms with Crippen LogP contribution >= 0.6 is 0 Å². The van der Waals surface area contributed by atoms with Crippen molar-refractivity contribution < 1.29 is 36.3 Å². The van der Waals surface area contributed by atoms with Gasteiger partial charge < -0.3 is 23.7 Å². The number of nitrogens with zero attached hydrogens (tertiary/aromatic N) is 2. The van der Waals surface area contributed by atoms with Gasteiger partial charge in [-0.2, -0.15) is 8.42 Å². The third-order valence-corrected chi connectivity index (χ3v) is 5.59. The van der Waals surface area contributed by atoms with Gasteiger partial charge in [0.15, 0.2) is 17.9 Å². The summed E-state index contributed by atoms with van der Waals surface area (Å²) in [6, 6.07) is 0. The summed E-state index contributed by atoms with van der Waals surface area (Å²) in [5.74, 6) is -1.70. The summed E-state index contributed by atoms with van der Waals surface area (Å²) in [5.41, 5.74) is 0. The smallest absolute Gasteiger partial charge is 0.348 e. The van der Waals surface area contributed by atoms with Gasteiger partial charge in [-0.1, -0.05) is 0 Å². The van der Waals surface area contributed by atoms with E-state index in [1.807, 2.05) is 0 Å². The summed E-state index contributed by atoms with van der Waals surface area (Å²) in [6.07, 6.45) is 0.0800. The van der Waals surface area contributed by atoms with Gasteiger partial charge in [0.1, 0.15) is 30.7 Å². The van der Waals surface area contributed by atoms with Crippen molar-refractivity contribution in [3.63, 3.8) is 0 Å². The SMILES string of the molecule is CC1(C)OC[C@H]([C@H]2OC3OC(C)(C)O[C@@H]3[C@H]2OS(=O)(=O)n2ccnc2)O1. The molecule has 0 radical (unpaired) electrons. The zero-order chi connectivity index (χ0) is 18.7. The largest absolute Gasteiger partial charge is 0.367 e. The van der Waals surface area contributed by atoms with Crippen LogP contribution in [-0.4, -0.2) is 66.3 Å². The molecule has 10 nitrogen and oxygen atoms in total. The van der Waals surface area contributed by atoms with Crippen LogP contribution in [0.5, 0.6) is 0 Å². The fourth-order valence-electron chi connectivity index (χ4n) is 3.36. The van der Waals surface area contributed by atoms with Crippen LogP contribution < -0.4 is 0 Å². The highest BCUT2D eigenvalue weighted by Gasteiger charge is 2.60. The number of rotatable bonds is 4. The van der Waals surface area contributed by atoms with Crippen LogP contribution in [-0.2, 0) is 38.2 Å². The number of aromatic nitrogens is 2. The standard InChI is InChI=1S/C15H22N2O8S/c1-14(2)20-7-9(22-14)10-11(12-13(21-10)24-15(3,4)23-12)25-26(18,19)17-6-5-16-8-17/h5-6,8-13H,7H2,1-4H3/t9-,10-,11+,12-,13?/m1/s1. The zero-order valence-corrected chi connectivity index (χ0v) is 15.7. The maximum absolute atomic E-state index is 12.6. The topological polar surface area (TPSA) is 107 Å². The van der Waals surface area contributed by atoms with Crippen LogP contribution in [0, 0.1) is 0 Å². The van der Waals surface area contributed by atoms with Gasteiger partial charge in [0.2, 0.25) is 0 Å². The van der Waals surface area contributed by atoms with Gasteiger partial charge in [0, 0.05) is 12.4 Å². The molecule has 0 saturated carbocycles. The van der Waals surface area contributed by atoms with Crippen molar-refractivity contribution in [2.24, 2.45) is 0 Å². The minimum absolute atomic E-state index is 0.242. The highest BCUT2D eigenvalue weighted by atomic mass is 32.2. The number of ether oxygens (including phenoxy) is 5. The molecule has 26 heavy (non-hydrogen) atoms. The minimum atomic E-state index is -4.13. The van der Waals surface area contributed by atoms with Gasteiger partial charge in [-0.3, -0.25) is 0 Å². The van der Waals surface area contributed by atoms with Crippen LogP contribution in [0.4, 0.5) is 0 Å². The Balaban J connectivity index is 1.60. The van der Waals surface area contributed by atoms with Crippen LogP contribution in [0.15, 0.2) is 18.7 Å². The fraction of sp³-hybridized carbons (Fsp3) is 0.800. The second kappa shape index (κ2) is 5.96. The van der Waals surface area contributed by atoms with Crippen molar-refractivity contribution in [1.29, 1.82) is 0 Å². The van der Waals surface area contributed by atoms with Gasteiger partial charge in [-0.25, -0.2) is 13.1 Å². The molecule has 0 N–H and O–H groups in total. The molecule has 146 valence electrons. The van der Waals surface area contributed by atoms with E-state index in [2.05, 4.69) is 4.98 Å². The molecule has 0 bridgehead atoms. The Morgan fingerprint density at radius 2 is 1.88 bits per heavy atom. The van der Waals surface area contributed by atoms with Crippen LogP contribution in [0.1, 0.15) is 27.7 Å². The average Bonchev–Trinajstić information content (AvgIpc) is 3.24. The van der Waals surface area contributed by atoms with E-state index in [0.717, 1.165) is 10.3 Å². The second-order valence-electron chi connectivity index (χ2n) is 7.35. The van der Waals surface area contributed by atoms with Crippen LogP contribution in [0.3, 0.4) is 0 Å². The summed E-state index contributed by atoms with van der Waals surface area (Å²) in [6.45, 7) is 7.24. The lowest BCUT2D eigenvalue weighted by atomic mass is 10.1. The lowest BCUT2D eigenvalue weighted by molar-refractivity contribution is -0.230. The molecule has 1 unspecified atom stereocenters. The molecule has 0 amide bonds. The van der Waals surface area contributed by atoms with Crippen molar-refractivity contribution in [1.82, 2.24) is 8.96 Å². The molecule has 11 heteroatoms. The molecule has 3 fully saturated rings. The first kappa shape index (κ1) is 18.3. The van der Waals surface area contributed by atoms with Crippen molar-refractivity contribution in [3.8, 4) is 0 Å². The van der Waals surface area contributed by atoms with E-state index in [1.54, 1.807) is 27.7 Å². The van der Waals surface area contributed by atoms with E-state index in [1.165, 1.54) is 12.4 Å². The van der Waals surface area contributed by atoms with E-state index in [-0.39, 0.29) is 6.61 Å². The molecule has 1 aromatic rings. The zero-order valence-electron chi connectivity index (χ0n) is 14.9. The molecule has 3 saturated heterocycles. The Bertz CT molecular complexity index is 763. The van der Waals surface area contributed by atoms with Crippen LogP contribution in [0.2, 0.25) is 0 Å². The molecule has 1 aromatic heterocycles. The first-order chi connectivity index (χ1) is 12.1. The number of imidazole rings is 1. The Labute approximate surface area is 151 Å². The first-order valence-corrected chi connectivity index (χ1v) is 9.67. The molecular formula is C15H22N2O8S. The highest BCUT2D eigenvalue weighted by Crippen LogP contribution is 2.42. The third kappa shape index (κ3) is 3.28. The lowest BCUT2D eigenvalue weighted by Crippen LogP contribution is -2.45. The van der Waals surface area contributed by atoms with E-state index in [4.69, 9.17) is 27.9 Å². The number of hydrogen-bond acceptors (Lipinski definition) is 9. The summed E-state index contributed by atoms with van der Waals surface area (Å²) < 4.78 is 60.3. The number of fused-ring (bicyclic) bond motifs is 1. The first-order valence-electron chi connectivity index (χ1n) is 8.31. The lowest BCUT2D eigenvalue weighted by Gasteiger charge is -2.28. The fourth-order valence-corrected chi connectivity index (χ4v) is 4.33. The van der Waals surface area contributed by atoms with Crippen molar-refractivity contribution in [2.75, 3.05) is 6.61 Å². The van der Waals surface area contributed by atoms with Gasteiger partial charge in [-0.05, 0) is 27.7 Å². The van der Waals surface area contributed by atoms with E-state index >= 15 is 0 Å². The molecule has 0 aromatic carbocycles. The van der Waals surface area contributed by atoms with Gasteiger partial charge >= 0.3 is 10.3 Å². The molecule has 3 aliphatic rings. The van der Waals surface area contributed by atoms with Crippen LogP contribution in [0.25, 0.3) is 0 Å². The van der Waals surface area contributed by atoms with E-state index < -0.39 is 52.6 Å². The maximum Gasteiger partial charge on any atom is 0.367 e. The van der Waals surface area contributed by atoms with Crippen molar-refractivity contribution >= 4 is 10.3 Å². The van der Waals surface area contributed by atoms with E-state index in [9.17, 15) is 8.42 Å². The summed E-state index contributed by atoms with van der Waals surface area (Å²) in [4.78, 5) is 3.74. The maximum atomic E-state index is 12.6. The Kier molecular flexibility index (Phi) is 4.19. The predicted octanol–water partition coefficient (Wildman–Crippen LogP) is 0.389. The molecule has 4 rings (SSSR count). The quantitative estimate of drug-likeness (QED) is 0.721. The summed E-state index contributed by atoms with van der Waals surface area (Å²) in [7, 11) is -4.13. The molecule has 3 aliphatic heterocycles. The molecule has 0 spiro atoms. The predicted molar refractivity (Wildman–Crippen MR) is 85.0 cm³/mol. The van der Waals surface area contributed by atoms with Gasteiger partial charge in [0.05, 0.1) is 6.61 Å². The molecular weight excluding hydrogens is 368 g/mol. The monoisotopic (exact) mass is 390 g/mol. The minimum Gasteiger partial charge on any atom is -0.348 e. The Morgan fingerprint density at radius 3 is 2.50 bits per heavy atom.